The van der Waals surface area contributed by atoms with Gasteiger partial charge in [-0.15, -0.1) is 11.3 Å². The molecule has 0 aliphatic heterocycles. The van der Waals surface area contributed by atoms with E-state index in [4.69, 9.17) is 0 Å². The minimum absolute atomic E-state index is 0.0511. The average Bonchev–Trinajstić information content (AvgIpc) is 2.92. The van der Waals surface area contributed by atoms with Gasteiger partial charge in [-0.3, -0.25) is 9.88 Å². The van der Waals surface area contributed by atoms with Crippen LogP contribution in [0.1, 0.15) is 15.5 Å². The maximum atomic E-state index is 11.5. The van der Waals surface area contributed by atoms with Crippen molar-refractivity contribution in [1.82, 2.24) is 9.97 Å². The summed E-state index contributed by atoms with van der Waals surface area (Å²) in [5.74, 6) is -1.04. The molecule has 0 bridgehead atoms. The second-order valence-corrected chi connectivity index (χ2v) is 5.76. The zero-order chi connectivity index (χ0) is 15.5. The summed E-state index contributed by atoms with van der Waals surface area (Å²) in [4.78, 5) is 21.6. The largest absolute Gasteiger partial charge is 0.476 e. The molecule has 6 heteroatoms. The van der Waals surface area contributed by atoms with Crippen LogP contribution in [0.4, 0.5) is 16.4 Å². The lowest BCUT2D eigenvalue weighted by Crippen LogP contribution is -2.12. The predicted octanol–water partition coefficient (Wildman–Crippen LogP) is 4.01. The summed E-state index contributed by atoms with van der Waals surface area (Å²) in [6.45, 7) is 1.80. The van der Waals surface area contributed by atoms with E-state index in [1.165, 1.54) is 11.3 Å². The fourth-order valence-electron chi connectivity index (χ4n) is 2.15. The number of anilines is 3. The summed E-state index contributed by atoms with van der Waals surface area (Å²) in [6, 6.07) is 13.3. The van der Waals surface area contributed by atoms with Gasteiger partial charge in [-0.25, -0.2) is 9.78 Å². The lowest BCUT2D eigenvalue weighted by molar-refractivity contribution is 0.0692. The number of para-hydroxylation sites is 1. The summed E-state index contributed by atoms with van der Waals surface area (Å²) >= 11 is 1.35. The number of aryl methyl sites for hydroxylation is 1. The van der Waals surface area contributed by atoms with Crippen molar-refractivity contribution in [2.75, 3.05) is 4.90 Å². The highest BCUT2D eigenvalue weighted by Gasteiger charge is 2.23. The smallest absolute Gasteiger partial charge is 0.357 e. The quantitative estimate of drug-likeness (QED) is 0.788. The molecule has 2 heterocycles. The van der Waals surface area contributed by atoms with E-state index in [1.54, 1.807) is 19.3 Å². The Morgan fingerprint density at radius 1 is 1.14 bits per heavy atom. The molecule has 2 aromatic heterocycles. The summed E-state index contributed by atoms with van der Waals surface area (Å²) < 4.78 is 0. The van der Waals surface area contributed by atoms with Gasteiger partial charge in [-0.05, 0) is 31.2 Å². The van der Waals surface area contributed by atoms with Crippen LogP contribution < -0.4 is 4.90 Å². The van der Waals surface area contributed by atoms with Crippen LogP contribution in [-0.2, 0) is 0 Å². The lowest BCUT2D eigenvalue weighted by atomic mass is 10.2. The number of carboxylic acids is 1. The van der Waals surface area contributed by atoms with Crippen molar-refractivity contribution in [3.05, 3.63) is 65.6 Å². The highest BCUT2D eigenvalue weighted by atomic mass is 32.1. The lowest BCUT2D eigenvalue weighted by Gasteiger charge is -2.23. The number of carbonyl (C=O) groups is 1. The molecule has 110 valence electrons. The Bertz CT molecular complexity index is 748. The third-order valence-corrected chi connectivity index (χ3v) is 4.00. The highest BCUT2D eigenvalue weighted by molar-refractivity contribution is 7.16. The van der Waals surface area contributed by atoms with Crippen LogP contribution in [-0.4, -0.2) is 21.0 Å². The molecule has 0 fully saturated rings. The zero-order valence-corrected chi connectivity index (χ0v) is 12.6. The number of nitrogens with zero attached hydrogens (tertiary/aromatic N) is 3. The first-order chi connectivity index (χ1) is 10.7. The van der Waals surface area contributed by atoms with Crippen LogP contribution in [0.5, 0.6) is 0 Å². The molecule has 0 aliphatic carbocycles. The number of benzene rings is 1. The summed E-state index contributed by atoms with van der Waals surface area (Å²) in [6.07, 6.45) is 3.39. The minimum atomic E-state index is -1.04. The van der Waals surface area contributed by atoms with E-state index in [2.05, 4.69) is 9.97 Å². The maximum absolute atomic E-state index is 11.5. The molecular formula is C16H13N3O2S. The van der Waals surface area contributed by atoms with Crippen molar-refractivity contribution in [3.8, 4) is 0 Å². The van der Waals surface area contributed by atoms with Crippen LogP contribution in [0.15, 0.2) is 54.9 Å². The highest BCUT2D eigenvalue weighted by Crippen LogP contribution is 2.39. The number of hydrogen-bond donors (Lipinski definition) is 1. The van der Waals surface area contributed by atoms with Crippen LogP contribution in [0, 0.1) is 6.92 Å². The molecule has 0 saturated carbocycles. The number of aromatic nitrogens is 2. The SMILES string of the molecule is Cc1nc(C(=O)O)c(N(c2ccccc2)c2cccnc2)s1. The summed E-state index contributed by atoms with van der Waals surface area (Å²) in [5, 5.41) is 10.7. The fraction of sp³-hybridized carbons (Fsp3) is 0.0625. The van der Waals surface area contributed by atoms with Gasteiger partial charge in [-0.2, -0.15) is 0 Å². The van der Waals surface area contributed by atoms with Crippen molar-refractivity contribution >= 4 is 33.7 Å². The van der Waals surface area contributed by atoms with Gasteiger partial charge in [0.15, 0.2) is 5.69 Å². The van der Waals surface area contributed by atoms with Gasteiger partial charge in [-0.1, -0.05) is 18.2 Å². The molecule has 1 aromatic carbocycles. The van der Waals surface area contributed by atoms with Crippen molar-refractivity contribution in [2.24, 2.45) is 0 Å². The topological polar surface area (TPSA) is 66.3 Å². The van der Waals surface area contributed by atoms with E-state index < -0.39 is 5.97 Å². The minimum Gasteiger partial charge on any atom is -0.476 e. The molecule has 0 amide bonds. The van der Waals surface area contributed by atoms with Crippen LogP contribution in [0.2, 0.25) is 0 Å². The second-order valence-electron chi connectivity index (χ2n) is 4.57. The molecule has 3 rings (SSSR count). The van der Waals surface area contributed by atoms with Crippen LogP contribution in [0.3, 0.4) is 0 Å². The van der Waals surface area contributed by atoms with Gasteiger partial charge in [0.2, 0.25) is 0 Å². The number of aromatic carboxylic acids is 1. The molecule has 3 aromatic rings. The number of carboxylic acid groups (broad SMARTS) is 1. The predicted molar refractivity (Wildman–Crippen MR) is 86.3 cm³/mol. The van der Waals surface area contributed by atoms with Gasteiger partial charge in [0.05, 0.1) is 16.9 Å². The molecule has 0 unspecified atom stereocenters. The Labute approximate surface area is 131 Å². The standard InChI is InChI=1S/C16H13N3O2S/c1-11-18-14(16(20)21)15(22-11)19(12-6-3-2-4-7-12)13-8-5-9-17-10-13/h2-10H,1H3,(H,20,21). The molecule has 1 N–H and O–H groups in total. The van der Waals surface area contributed by atoms with Gasteiger partial charge in [0.1, 0.15) is 5.00 Å². The number of hydrogen-bond acceptors (Lipinski definition) is 5. The first-order valence-corrected chi connectivity index (χ1v) is 7.44. The van der Waals surface area contributed by atoms with E-state index in [0.29, 0.717) is 10.0 Å². The van der Waals surface area contributed by atoms with E-state index in [-0.39, 0.29) is 5.69 Å². The van der Waals surface area contributed by atoms with Gasteiger partial charge >= 0.3 is 5.97 Å². The van der Waals surface area contributed by atoms with Crippen molar-refractivity contribution in [3.63, 3.8) is 0 Å². The van der Waals surface area contributed by atoms with Crippen molar-refractivity contribution in [1.29, 1.82) is 0 Å². The number of thiazole rings is 1. The molecule has 0 atom stereocenters. The molecular weight excluding hydrogens is 298 g/mol. The molecule has 0 radical (unpaired) electrons. The fourth-order valence-corrected chi connectivity index (χ4v) is 3.10. The Hall–Kier alpha value is -2.73. The Balaban J connectivity index is 2.21. The normalized spacial score (nSPS) is 10.4. The average molecular weight is 311 g/mol. The van der Waals surface area contributed by atoms with Gasteiger partial charge < -0.3 is 5.11 Å². The van der Waals surface area contributed by atoms with Gasteiger partial charge in [0, 0.05) is 11.9 Å². The van der Waals surface area contributed by atoms with Crippen LogP contribution in [0.25, 0.3) is 0 Å². The molecule has 22 heavy (non-hydrogen) atoms. The molecule has 5 nitrogen and oxygen atoms in total. The monoisotopic (exact) mass is 311 g/mol. The first-order valence-electron chi connectivity index (χ1n) is 6.63. The second kappa shape index (κ2) is 5.95. The molecule has 0 spiro atoms. The first kappa shape index (κ1) is 14.2. The van der Waals surface area contributed by atoms with E-state index in [1.807, 2.05) is 47.4 Å². The zero-order valence-electron chi connectivity index (χ0n) is 11.8. The molecule has 0 aliphatic rings. The van der Waals surface area contributed by atoms with E-state index >= 15 is 0 Å². The van der Waals surface area contributed by atoms with E-state index in [0.717, 1.165) is 11.4 Å². The Morgan fingerprint density at radius 2 is 1.86 bits per heavy atom. The van der Waals surface area contributed by atoms with Crippen LogP contribution >= 0.6 is 11.3 Å². The third-order valence-electron chi connectivity index (χ3n) is 3.04. The summed E-state index contributed by atoms with van der Waals surface area (Å²) in [7, 11) is 0. The third kappa shape index (κ3) is 2.68. The number of pyridine rings is 1. The Kier molecular flexibility index (Phi) is 3.84. The summed E-state index contributed by atoms with van der Waals surface area (Å²) in [5.41, 5.74) is 1.71. The maximum Gasteiger partial charge on any atom is 0.357 e. The molecule has 0 saturated heterocycles. The van der Waals surface area contributed by atoms with Gasteiger partial charge in [0.25, 0.3) is 0 Å². The Morgan fingerprint density at radius 3 is 2.50 bits per heavy atom. The van der Waals surface area contributed by atoms with Crippen molar-refractivity contribution in [2.45, 2.75) is 6.92 Å². The van der Waals surface area contributed by atoms with Crippen molar-refractivity contribution < 1.29 is 9.90 Å². The number of rotatable bonds is 4. The van der Waals surface area contributed by atoms with E-state index in [9.17, 15) is 9.90 Å².